The fourth-order valence-corrected chi connectivity index (χ4v) is 1.45. The van der Waals surface area contributed by atoms with Gasteiger partial charge in [0.15, 0.2) is 18.3 Å². The maximum atomic E-state index is 11.5. The molecule has 116 valence electrons. The molecule has 0 aliphatic carbocycles. The molecule has 20 heavy (non-hydrogen) atoms. The smallest absolute Gasteiger partial charge is 0.338 e. The first kappa shape index (κ1) is 18.3. The Bertz CT molecular complexity index is 375. The SMILES string of the molecule is C[N+](C)(C)C[C@H](CC(=O)O)OC(=O)C(O)C(O)C(=O)O. The van der Waals surface area contributed by atoms with Crippen molar-refractivity contribution in [3.8, 4) is 0 Å². The van der Waals surface area contributed by atoms with Crippen molar-refractivity contribution in [2.24, 2.45) is 0 Å². The average Bonchev–Trinajstić information content (AvgIpc) is 2.23. The number of aliphatic carboxylic acids is 2. The number of hydrogen-bond donors (Lipinski definition) is 4. The monoisotopic (exact) mass is 294 g/mol. The van der Waals surface area contributed by atoms with Crippen LogP contribution in [-0.4, -0.2) is 88.8 Å². The van der Waals surface area contributed by atoms with Crippen LogP contribution >= 0.6 is 0 Å². The van der Waals surface area contributed by atoms with Gasteiger partial charge in [0.1, 0.15) is 6.54 Å². The highest BCUT2D eigenvalue weighted by molar-refractivity contribution is 5.84. The summed E-state index contributed by atoms with van der Waals surface area (Å²) in [7, 11) is 5.22. The zero-order chi connectivity index (χ0) is 16.1. The molecule has 0 aromatic heterocycles. The van der Waals surface area contributed by atoms with Crippen molar-refractivity contribution < 1.29 is 44.0 Å². The van der Waals surface area contributed by atoms with Crippen LogP contribution in [0, 0.1) is 0 Å². The molecule has 0 aliphatic rings. The third-order valence-electron chi connectivity index (χ3n) is 2.23. The van der Waals surface area contributed by atoms with Gasteiger partial charge < -0.3 is 29.6 Å². The van der Waals surface area contributed by atoms with Crippen molar-refractivity contribution in [3.63, 3.8) is 0 Å². The van der Waals surface area contributed by atoms with E-state index in [-0.39, 0.29) is 6.54 Å². The highest BCUT2D eigenvalue weighted by atomic mass is 16.6. The second-order valence-electron chi connectivity index (χ2n) is 5.36. The Labute approximate surface area is 115 Å². The van der Waals surface area contributed by atoms with Crippen LogP contribution in [0.25, 0.3) is 0 Å². The molecule has 9 heteroatoms. The Morgan fingerprint density at radius 3 is 1.90 bits per heavy atom. The molecule has 0 heterocycles. The highest BCUT2D eigenvalue weighted by Crippen LogP contribution is 2.08. The summed E-state index contributed by atoms with van der Waals surface area (Å²) in [6.07, 6.45) is -6.12. The number of ether oxygens (including phenoxy) is 1. The first-order chi connectivity index (χ1) is 8.94. The van der Waals surface area contributed by atoms with Crippen molar-refractivity contribution in [2.45, 2.75) is 24.7 Å². The molecular formula is C11H20NO8+. The van der Waals surface area contributed by atoms with E-state index in [0.717, 1.165) is 0 Å². The number of carboxylic acids is 2. The van der Waals surface area contributed by atoms with Crippen LogP contribution in [0.5, 0.6) is 0 Å². The standard InChI is InChI=1S/C11H19NO8/c1-12(2,3)5-6(4-7(13)14)20-11(19)9(16)8(15)10(17)18/h6,8-9,15-16H,4-5H2,1-3H3,(H-,13,14,17,18)/p+1/t6-,8?,9?/m0/s1. The van der Waals surface area contributed by atoms with Crippen LogP contribution in [0.15, 0.2) is 0 Å². The van der Waals surface area contributed by atoms with E-state index in [4.69, 9.17) is 20.1 Å². The van der Waals surface area contributed by atoms with E-state index in [1.807, 2.05) is 0 Å². The van der Waals surface area contributed by atoms with Gasteiger partial charge in [-0.2, -0.15) is 0 Å². The summed E-state index contributed by atoms with van der Waals surface area (Å²) in [6, 6.07) is 0. The summed E-state index contributed by atoms with van der Waals surface area (Å²) in [6.45, 7) is 0.147. The van der Waals surface area contributed by atoms with E-state index >= 15 is 0 Å². The van der Waals surface area contributed by atoms with Gasteiger partial charge in [0, 0.05) is 0 Å². The molecule has 0 aliphatic heterocycles. The highest BCUT2D eigenvalue weighted by Gasteiger charge is 2.34. The minimum Gasteiger partial charge on any atom is -0.481 e. The van der Waals surface area contributed by atoms with E-state index in [1.165, 1.54) is 0 Å². The first-order valence-electron chi connectivity index (χ1n) is 5.75. The maximum absolute atomic E-state index is 11.5. The van der Waals surface area contributed by atoms with Crippen LogP contribution in [0.4, 0.5) is 0 Å². The lowest BCUT2D eigenvalue weighted by Gasteiger charge is -2.29. The molecule has 0 aromatic rings. The Balaban J connectivity index is 4.76. The number of likely N-dealkylation sites (N-methyl/N-ethyl adjacent to an activating group) is 1. The number of carbonyl (C=O) groups is 3. The molecule has 2 unspecified atom stereocenters. The van der Waals surface area contributed by atoms with Crippen molar-refractivity contribution in [3.05, 3.63) is 0 Å². The van der Waals surface area contributed by atoms with Crippen LogP contribution in [0.1, 0.15) is 6.42 Å². The lowest BCUT2D eigenvalue weighted by molar-refractivity contribution is -0.873. The number of carbonyl (C=O) groups excluding carboxylic acids is 1. The molecule has 0 aromatic carbocycles. The van der Waals surface area contributed by atoms with Gasteiger partial charge in [-0.05, 0) is 0 Å². The third-order valence-corrected chi connectivity index (χ3v) is 2.23. The van der Waals surface area contributed by atoms with Gasteiger partial charge in [-0.3, -0.25) is 4.79 Å². The number of rotatable bonds is 8. The summed E-state index contributed by atoms with van der Waals surface area (Å²) in [4.78, 5) is 32.6. The molecule has 0 fully saturated rings. The van der Waals surface area contributed by atoms with Crippen molar-refractivity contribution in [2.75, 3.05) is 27.7 Å². The van der Waals surface area contributed by atoms with Crippen LogP contribution in [-0.2, 0) is 19.1 Å². The minimum absolute atomic E-state index is 0.147. The van der Waals surface area contributed by atoms with Crippen molar-refractivity contribution >= 4 is 17.9 Å². The van der Waals surface area contributed by atoms with Crippen molar-refractivity contribution in [1.29, 1.82) is 0 Å². The van der Waals surface area contributed by atoms with Gasteiger partial charge >= 0.3 is 17.9 Å². The predicted octanol–water partition coefficient (Wildman–Crippen LogP) is -2.11. The first-order valence-corrected chi connectivity index (χ1v) is 5.75. The molecule has 0 amide bonds. The quantitative estimate of drug-likeness (QED) is 0.294. The number of nitrogens with zero attached hydrogens (tertiary/aromatic N) is 1. The summed E-state index contributed by atoms with van der Waals surface area (Å²) < 4.78 is 5.06. The predicted molar refractivity (Wildman–Crippen MR) is 64.7 cm³/mol. The Kier molecular flexibility index (Phi) is 6.56. The van der Waals surface area contributed by atoms with E-state index in [2.05, 4.69) is 0 Å². The normalized spacial score (nSPS) is 16.1. The number of aliphatic hydroxyl groups is 2. The molecule has 4 N–H and O–H groups in total. The average molecular weight is 294 g/mol. The Morgan fingerprint density at radius 1 is 1.05 bits per heavy atom. The lowest BCUT2D eigenvalue weighted by Crippen LogP contribution is -2.47. The second-order valence-corrected chi connectivity index (χ2v) is 5.36. The summed E-state index contributed by atoms with van der Waals surface area (Å²) in [5.74, 6) is -4.36. The van der Waals surface area contributed by atoms with Gasteiger partial charge in [0.05, 0.1) is 27.6 Å². The van der Waals surface area contributed by atoms with E-state index < -0.39 is 42.6 Å². The minimum atomic E-state index is -2.32. The summed E-state index contributed by atoms with van der Waals surface area (Å²) in [5, 5.41) is 35.5. The molecule has 3 atom stereocenters. The van der Waals surface area contributed by atoms with Crippen molar-refractivity contribution in [1.82, 2.24) is 0 Å². The van der Waals surface area contributed by atoms with E-state index in [0.29, 0.717) is 4.48 Å². The zero-order valence-corrected chi connectivity index (χ0v) is 11.5. The number of quaternary nitrogens is 1. The molecule has 0 saturated carbocycles. The number of aliphatic hydroxyl groups excluding tert-OH is 2. The molecular weight excluding hydrogens is 274 g/mol. The summed E-state index contributed by atoms with van der Waals surface area (Å²) >= 11 is 0. The third kappa shape index (κ3) is 7.02. The fourth-order valence-electron chi connectivity index (χ4n) is 1.45. The fraction of sp³-hybridized carbons (Fsp3) is 0.727. The molecule has 0 radical (unpaired) electrons. The van der Waals surface area contributed by atoms with E-state index in [9.17, 15) is 19.5 Å². The van der Waals surface area contributed by atoms with Gasteiger partial charge in [0.25, 0.3) is 0 Å². The van der Waals surface area contributed by atoms with Gasteiger partial charge in [0.2, 0.25) is 0 Å². The molecule has 0 bridgehead atoms. The van der Waals surface area contributed by atoms with Gasteiger partial charge in [-0.15, -0.1) is 0 Å². The molecule has 0 spiro atoms. The van der Waals surface area contributed by atoms with E-state index in [1.54, 1.807) is 21.1 Å². The van der Waals surface area contributed by atoms with Gasteiger partial charge in [-0.25, -0.2) is 9.59 Å². The van der Waals surface area contributed by atoms with Gasteiger partial charge in [-0.1, -0.05) is 0 Å². The second kappa shape index (κ2) is 7.17. The molecule has 0 rings (SSSR count). The maximum Gasteiger partial charge on any atom is 0.338 e. The Hall–Kier alpha value is -1.71. The lowest BCUT2D eigenvalue weighted by atomic mass is 10.2. The number of carboxylic acid groups (broad SMARTS) is 2. The number of esters is 1. The van der Waals surface area contributed by atoms with Crippen LogP contribution in [0.3, 0.4) is 0 Å². The number of hydrogen-bond acceptors (Lipinski definition) is 6. The Morgan fingerprint density at radius 2 is 1.55 bits per heavy atom. The topological polar surface area (TPSA) is 141 Å². The largest absolute Gasteiger partial charge is 0.481 e. The molecule has 9 nitrogen and oxygen atoms in total. The molecule has 0 saturated heterocycles. The zero-order valence-electron chi connectivity index (χ0n) is 11.5. The summed E-state index contributed by atoms with van der Waals surface area (Å²) in [5.41, 5.74) is 0. The van der Waals surface area contributed by atoms with Crippen LogP contribution < -0.4 is 0 Å². The van der Waals surface area contributed by atoms with Crippen LogP contribution in [0.2, 0.25) is 0 Å².